The molecule has 122 valence electrons. The van der Waals surface area contributed by atoms with E-state index in [4.69, 9.17) is 9.47 Å². The number of hydrogen-bond donors (Lipinski definition) is 0. The molecule has 0 radical (unpaired) electrons. The summed E-state index contributed by atoms with van der Waals surface area (Å²) >= 11 is 0. The zero-order valence-corrected chi connectivity index (χ0v) is 13.3. The minimum absolute atomic E-state index is 0.174. The Balaban J connectivity index is 1.38. The van der Waals surface area contributed by atoms with Crippen LogP contribution in [0, 0.1) is 5.82 Å². The van der Waals surface area contributed by atoms with Crippen LogP contribution in [0.4, 0.5) is 4.39 Å². The van der Waals surface area contributed by atoms with Crippen molar-refractivity contribution in [3.63, 3.8) is 0 Å². The monoisotopic (exact) mass is 307 g/mol. The molecule has 1 aromatic carbocycles. The number of rotatable bonds is 5. The van der Waals surface area contributed by atoms with Gasteiger partial charge < -0.3 is 14.4 Å². The van der Waals surface area contributed by atoms with Gasteiger partial charge in [-0.2, -0.15) is 0 Å². The predicted molar refractivity (Wildman–Crippen MR) is 84.2 cm³/mol. The topological polar surface area (TPSA) is 21.7 Å². The van der Waals surface area contributed by atoms with Crippen molar-refractivity contribution < 1.29 is 13.9 Å². The van der Waals surface area contributed by atoms with Crippen LogP contribution < -0.4 is 0 Å². The lowest BCUT2D eigenvalue weighted by Crippen LogP contribution is -2.41. The maximum atomic E-state index is 13.6. The molecule has 0 unspecified atom stereocenters. The van der Waals surface area contributed by atoms with E-state index in [0.717, 1.165) is 32.5 Å². The first kappa shape index (κ1) is 15.9. The summed E-state index contributed by atoms with van der Waals surface area (Å²) in [6.45, 7) is 5.68. The van der Waals surface area contributed by atoms with Gasteiger partial charge in [0.1, 0.15) is 5.82 Å². The third-order valence-corrected chi connectivity index (χ3v) is 4.75. The molecule has 0 spiro atoms. The lowest BCUT2D eigenvalue weighted by atomic mass is 10.1. The van der Waals surface area contributed by atoms with Gasteiger partial charge in [0.25, 0.3) is 0 Å². The van der Waals surface area contributed by atoms with E-state index in [9.17, 15) is 4.39 Å². The van der Waals surface area contributed by atoms with Crippen LogP contribution in [0.25, 0.3) is 0 Å². The lowest BCUT2D eigenvalue weighted by Gasteiger charge is -2.33. The first-order valence-corrected chi connectivity index (χ1v) is 8.43. The third-order valence-electron chi connectivity index (χ3n) is 4.75. The molecule has 2 aliphatic heterocycles. The number of hydrogen-bond acceptors (Lipinski definition) is 3. The summed E-state index contributed by atoms with van der Waals surface area (Å²) in [7, 11) is 0. The molecule has 4 heteroatoms. The summed E-state index contributed by atoms with van der Waals surface area (Å²) in [5.74, 6) is -0.174. The van der Waals surface area contributed by atoms with Gasteiger partial charge in [0.05, 0.1) is 24.9 Å². The van der Waals surface area contributed by atoms with Crippen LogP contribution >= 0.6 is 0 Å². The van der Waals surface area contributed by atoms with E-state index in [-0.39, 0.29) is 11.9 Å². The van der Waals surface area contributed by atoms with Crippen LogP contribution in [0.5, 0.6) is 0 Å². The Kier molecular flexibility index (Phi) is 5.45. The maximum Gasteiger partial charge on any atom is 0.128 e. The molecular formula is C18H26FNO2. The SMILES string of the molecule is C[C@@H]1CC[C@H](CN2CCC(OCc3ccccc3F)CC2)O1. The second kappa shape index (κ2) is 7.53. The molecule has 0 bridgehead atoms. The fourth-order valence-electron chi connectivity index (χ4n) is 3.39. The molecule has 2 heterocycles. The Hall–Kier alpha value is -0.970. The standard InChI is InChI=1S/C18H26FNO2/c1-14-6-7-17(22-14)12-20-10-8-16(9-11-20)21-13-15-4-2-3-5-18(15)19/h2-5,14,16-17H,6-13H2,1H3/t14-,17-/m1/s1. The molecule has 0 N–H and O–H groups in total. The number of nitrogens with zero attached hydrogens (tertiary/aromatic N) is 1. The normalized spacial score (nSPS) is 27.4. The maximum absolute atomic E-state index is 13.6. The Bertz CT molecular complexity index is 474. The highest BCUT2D eigenvalue weighted by molar-refractivity contribution is 5.16. The highest BCUT2D eigenvalue weighted by Gasteiger charge is 2.26. The molecule has 22 heavy (non-hydrogen) atoms. The Morgan fingerprint density at radius 3 is 2.64 bits per heavy atom. The average molecular weight is 307 g/mol. The quantitative estimate of drug-likeness (QED) is 0.832. The van der Waals surface area contributed by atoms with E-state index < -0.39 is 0 Å². The van der Waals surface area contributed by atoms with Gasteiger partial charge in [-0.1, -0.05) is 18.2 Å². The summed E-state index contributed by atoms with van der Waals surface area (Å²) < 4.78 is 25.3. The van der Waals surface area contributed by atoms with Gasteiger partial charge in [-0.3, -0.25) is 0 Å². The van der Waals surface area contributed by atoms with Crippen LogP contribution in [0.15, 0.2) is 24.3 Å². The van der Waals surface area contributed by atoms with Crippen molar-refractivity contribution >= 4 is 0 Å². The minimum atomic E-state index is -0.174. The summed E-state index contributed by atoms with van der Waals surface area (Å²) in [6.07, 6.45) is 5.50. The molecule has 0 aromatic heterocycles. The molecule has 2 saturated heterocycles. The van der Waals surface area contributed by atoms with Crippen molar-refractivity contribution in [2.45, 2.75) is 57.5 Å². The highest BCUT2D eigenvalue weighted by Crippen LogP contribution is 2.22. The van der Waals surface area contributed by atoms with Crippen LogP contribution in [0.1, 0.15) is 38.2 Å². The van der Waals surface area contributed by atoms with Gasteiger partial charge in [-0.05, 0) is 38.7 Å². The average Bonchev–Trinajstić information content (AvgIpc) is 2.93. The zero-order chi connectivity index (χ0) is 15.4. The Labute approximate surface area is 132 Å². The molecular weight excluding hydrogens is 281 g/mol. The van der Waals surface area contributed by atoms with Crippen molar-refractivity contribution in [1.29, 1.82) is 0 Å². The third kappa shape index (κ3) is 4.28. The van der Waals surface area contributed by atoms with Crippen LogP contribution in [-0.2, 0) is 16.1 Å². The van der Waals surface area contributed by atoms with Crippen LogP contribution in [0.3, 0.4) is 0 Å². The van der Waals surface area contributed by atoms with Gasteiger partial charge in [0.2, 0.25) is 0 Å². The number of benzene rings is 1. The fourth-order valence-corrected chi connectivity index (χ4v) is 3.39. The smallest absolute Gasteiger partial charge is 0.128 e. The largest absolute Gasteiger partial charge is 0.374 e. The van der Waals surface area contributed by atoms with E-state index in [2.05, 4.69) is 11.8 Å². The molecule has 3 rings (SSSR count). The number of ether oxygens (including phenoxy) is 2. The van der Waals surface area contributed by atoms with Crippen molar-refractivity contribution in [2.75, 3.05) is 19.6 Å². The molecule has 1 aromatic rings. The van der Waals surface area contributed by atoms with E-state index in [1.165, 1.54) is 18.9 Å². The number of piperidine rings is 1. The van der Waals surface area contributed by atoms with Crippen LogP contribution in [-0.4, -0.2) is 42.8 Å². The predicted octanol–water partition coefficient (Wildman–Crippen LogP) is 3.37. The first-order chi connectivity index (χ1) is 10.7. The van der Waals surface area contributed by atoms with Crippen molar-refractivity contribution in [2.24, 2.45) is 0 Å². The van der Waals surface area contributed by atoms with Gasteiger partial charge in [0, 0.05) is 25.2 Å². The van der Waals surface area contributed by atoms with Gasteiger partial charge in [-0.25, -0.2) is 4.39 Å². The van der Waals surface area contributed by atoms with Crippen molar-refractivity contribution in [3.05, 3.63) is 35.6 Å². The number of likely N-dealkylation sites (tertiary alicyclic amines) is 1. The van der Waals surface area contributed by atoms with Gasteiger partial charge >= 0.3 is 0 Å². The second-order valence-corrected chi connectivity index (χ2v) is 6.55. The van der Waals surface area contributed by atoms with E-state index >= 15 is 0 Å². The van der Waals surface area contributed by atoms with Gasteiger partial charge in [0.15, 0.2) is 0 Å². The molecule has 0 aliphatic carbocycles. The molecule has 0 saturated carbocycles. The second-order valence-electron chi connectivity index (χ2n) is 6.55. The van der Waals surface area contributed by atoms with E-state index in [1.54, 1.807) is 12.1 Å². The first-order valence-electron chi connectivity index (χ1n) is 8.43. The molecule has 2 fully saturated rings. The summed E-state index contributed by atoms with van der Waals surface area (Å²) in [6, 6.07) is 6.85. The highest BCUT2D eigenvalue weighted by atomic mass is 19.1. The fraction of sp³-hybridized carbons (Fsp3) is 0.667. The lowest BCUT2D eigenvalue weighted by molar-refractivity contribution is -0.0201. The molecule has 0 amide bonds. The van der Waals surface area contributed by atoms with E-state index in [0.29, 0.717) is 24.4 Å². The zero-order valence-electron chi connectivity index (χ0n) is 13.3. The Morgan fingerprint density at radius 1 is 1.18 bits per heavy atom. The van der Waals surface area contributed by atoms with Crippen molar-refractivity contribution in [1.82, 2.24) is 4.90 Å². The Morgan fingerprint density at radius 2 is 1.95 bits per heavy atom. The molecule has 2 atom stereocenters. The van der Waals surface area contributed by atoms with Crippen molar-refractivity contribution in [3.8, 4) is 0 Å². The van der Waals surface area contributed by atoms with Crippen LogP contribution in [0.2, 0.25) is 0 Å². The summed E-state index contributed by atoms with van der Waals surface area (Å²) in [5.41, 5.74) is 0.651. The summed E-state index contributed by atoms with van der Waals surface area (Å²) in [5, 5.41) is 0. The number of halogens is 1. The minimum Gasteiger partial charge on any atom is -0.374 e. The van der Waals surface area contributed by atoms with Gasteiger partial charge in [-0.15, -0.1) is 0 Å². The molecule has 2 aliphatic rings. The molecule has 3 nitrogen and oxygen atoms in total. The summed E-state index contributed by atoms with van der Waals surface area (Å²) in [4.78, 5) is 2.48. The van der Waals surface area contributed by atoms with E-state index in [1.807, 2.05) is 6.07 Å².